The highest BCUT2D eigenvalue weighted by atomic mass is 16.6. The van der Waals surface area contributed by atoms with Gasteiger partial charge in [0.05, 0.1) is 0 Å². The summed E-state index contributed by atoms with van der Waals surface area (Å²) in [5.41, 5.74) is 0. The van der Waals surface area contributed by atoms with Crippen LogP contribution in [-0.2, 0) is 28.6 Å². The molecule has 0 saturated carbocycles. The van der Waals surface area contributed by atoms with Crippen LogP contribution in [0.15, 0.2) is 24.3 Å². The van der Waals surface area contributed by atoms with Crippen LogP contribution in [0, 0.1) is 0 Å². The van der Waals surface area contributed by atoms with E-state index in [1.54, 1.807) is 0 Å². The molecule has 382 valence electrons. The van der Waals surface area contributed by atoms with E-state index in [0.29, 0.717) is 19.3 Å². The molecule has 0 unspecified atom stereocenters. The molecule has 0 N–H and O–H groups in total. The van der Waals surface area contributed by atoms with Crippen LogP contribution >= 0.6 is 0 Å². The fourth-order valence-corrected chi connectivity index (χ4v) is 8.59. The van der Waals surface area contributed by atoms with Crippen molar-refractivity contribution >= 4 is 17.9 Å². The quantitative estimate of drug-likeness (QED) is 0.0262. The number of carbonyl (C=O) groups excluding carboxylic acids is 3. The molecule has 0 aliphatic carbocycles. The predicted molar refractivity (Wildman–Crippen MR) is 279 cm³/mol. The van der Waals surface area contributed by atoms with Crippen molar-refractivity contribution in [3.63, 3.8) is 0 Å². The minimum atomic E-state index is -0.767. The van der Waals surface area contributed by atoms with Crippen molar-refractivity contribution in [2.45, 2.75) is 322 Å². The Balaban J connectivity index is 4.30. The highest BCUT2D eigenvalue weighted by molar-refractivity contribution is 5.71. The minimum Gasteiger partial charge on any atom is -0.462 e. The van der Waals surface area contributed by atoms with Crippen LogP contribution in [0.5, 0.6) is 0 Å². The summed E-state index contributed by atoms with van der Waals surface area (Å²) in [6, 6.07) is 0. The molecule has 65 heavy (non-hydrogen) atoms. The van der Waals surface area contributed by atoms with Gasteiger partial charge in [-0.25, -0.2) is 0 Å². The number of unbranched alkanes of at least 4 members (excludes halogenated alkanes) is 38. The van der Waals surface area contributed by atoms with Crippen molar-refractivity contribution in [1.82, 2.24) is 0 Å². The van der Waals surface area contributed by atoms with E-state index < -0.39 is 6.10 Å². The molecule has 0 spiro atoms. The van der Waals surface area contributed by atoms with E-state index in [1.165, 1.54) is 212 Å². The van der Waals surface area contributed by atoms with Gasteiger partial charge in [-0.2, -0.15) is 0 Å². The lowest BCUT2D eigenvalue weighted by molar-refractivity contribution is -0.167. The monoisotopic (exact) mass is 915 g/mol. The van der Waals surface area contributed by atoms with Crippen LogP contribution in [0.3, 0.4) is 0 Å². The van der Waals surface area contributed by atoms with E-state index in [0.717, 1.165) is 64.2 Å². The van der Waals surface area contributed by atoms with Gasteiger partial charge in [-0.3, -0.25) is 14.4 Å². The minimum absolute atomic E-state index is 0.0668. The number of ether oxygens (including phenoxy) is 3. The molecule has 0 heterocycles. The smallest absolute Gasteiger partial charge is 0.306 e. The summed E-state index contributed by atoms with van der Waals surface area (Å²) in [6.45, 7) is 6.66. The first-order valence-corrected chi connectivity index (χ1v) is 28.8. The summed E-state index contributed by atoms with van der Waals surface area (Å²) in [5.74, 6) is -0.850. The Morgan fingerprint density at radius 1 is 0.308 bits per heavy atom. The normalized spacial score (nSPS) is 12.1. The summed E-state index contributed by atoms with van der Waals surface area (Å²) in [5, 5.41) is 0. The summed E-state index contributed by atoms with van der Waals surface area (Å²) >= 11 is 0. The Morgan fingerprint density at radius 3 is 0.877 bits per heavy atom. The standard InChI is InChI=1S/C59H110O6/c1-4-7-10-13-16-19-22-25-27-29-30-31-33-34-37-40-43-46-49-52-58(61)64-55-56(54-63-57(60)51-48-45-42-39-36-24-21-18-15-12-9-6-3)65-59(62)53-50-47-44-41-38-35-32-28-26-23-20-17-14-11-8-5-2/h16,19,25,27,56H,4-15,17-18,20-24,26,28-55H2,1-3H3/b19-16-,27-25-/t56-/m1/s1. The van der Waals surface area contributed by atoms with Crippen LogP contribution in [0.1, 0.15) is 316 Å². The van der Waals surface area contributed by atoms with E-state index >= 15 is 0 Å². The Morgan fingerprint density at radius 2 is 0.554 bits per heavy atom. The molecule has 0 aromatic carbocycles. The Bertz CT molecular complexity index is 1050. The first kappa shape index (κ1) is 62.9. The first-order valence-electron chi connectivity index (χ1n) is 28.8. The molecule has 0 aromatic rings. The van der Waals surface area contributed by atoms with Gasteiger partial charge in [0.15, 0.2) is 6.10 Å². The SMILES string of the molecule is CCCCC/C=C\C/C=C\CCCCCCCCCCCC(=O)OC[C@@H](COC(=O)CCCCCCCCCCCCCC)OC(=O)CCCCCCCCCCCCCCCCCC. The molecule has 6 heteroatoms. The largest absolute Gasteiger partial charge is 0.462 e. The topological polar surface area (TPSA) is 78.9 Å². The van der Waals surface area contributed by atoms with Gasteiger partial charge < -0.3 is 14.2 Å². The summed E-state index contributed by atoms with van der Waals surface area (Å²) in [6.07, 6.45) is 63.0. The van der Waals surface area contributed by atoms with Crippen LogP contribution in [0.2, 0.25) is 0 Å². The molecule has 1 atom stereocenters. The zero-order valence-corrected chi connectivity index (χ0v) is 43.8. The van der Waals surface area contributed by atoms with Crippen molar-refractivity contribution in [2.24, 2.45) is 0 Å². The molecule has 0 saturated heterocycles. The second-order valence-corrected chi connectivity index (χ2v) is 19.6. The number of hydrogen-bond acceptors (Lipinski definition) is 6. The summed E-state index contributed by atoms with van der Waals surface area (Å²) < 4.78 is 16.9. The highest BCUT2D eigenvalue weighted by Crippen LogP contribution is 2.17. The maximum absolute atomic E-state index is 12.8. The highest BCUT2D eigenvalue weighted by Gasteiger charge is 2.19. The number of allylic oxidation sites excluding steroid dienone is 4. The van der Waals surface area contributed by atoms with Gasteiger partial charge in [0.2, 0.25) is 0 Å². The van der Waals surface area contributed by atoms with E-state index in [9.17, 15) is 14.4 Å². The lowest BCUT2D eigenvalue weighted by Gasteiger charge is -2.18. The van der Waals surface area contributed by atoms with E-state index in [4.69, 9.17) is 14.2 Å². The van der Waals surface area contributed by atoms with Gasteiger partial charge in [-0.05, 0) is 51.4 Å². The van der Waals surface area contributed by atoms with Crippen molar-refractivity contribution < 1.29 is 28.6 Å². The van der Waals surface area contributed by atoms with E-state index in [1.807, 2.05) is 0 Å². The van der Waals surface area contributed by atoms with Gasteiger partial charge in [0, 0.05) is 19.3 Å². The van der Waals surface area contributed by atoms with Crippen molar-refractivity contribution in [3.8, 4) is 0 Å². The Labute approximate surface area is 404 Å². The van der Waals surface area contributed by atoms with Gasteiger partial charge in [0.25, 0.3) is 0 Å². The lowest BCUT2D eigenvalue weighted by Crippen LogP contribution is -2.30. The molecule has 0 aliphatic rings. The fourth-order valence-electron chi connectivity index (χ4n) is 8.59. The average Bonchev–Trinajstić information content (AvgIpc) is 3.30. The average molecular weight is 916 g/mol. The zero-order valence-electron chi connectivity index (χ0n) is 43.8. The Hall–Kier alpha value is -2.11. The molecule has 0 radical (unpaired) electrons. The molecule has 0 bridgehead atoms. The van der Waals surface area contributed by atoms with Gasteiger partial charge >= 0.3 is 17.9 Å². The van der Waals surface area contributed by atoms with Gasteiger partial charge in [-0.1, -0.05) is 270 Å². The molecule has 0 amide bonds. The third kappa shape index (κ3) is 52.7. The van der Waals surface area contributed by atoms with Crippen molar-refractivity contribution in [3.05, 3.63) is 24.3 Å². The van der Waals surface area contributed by atoms with E-state index in [2.05, 4.69) is 45.1 Å². The molecular weight excluding hydrogens is 805 g/mol. The number of esters is 3. The second-order valence-electron chi connectivity index (χ2n) is 19.6. The van der Waals surface area contributed by atoms with Gasteiger partial charge in [0.1, 0.15) is 13.2 Å². The Kier molecular flexibility index (Phi) is 52.7. The number of carbonyl (C=O) groups is 3. The maximum atomic E-state index is 12.8. The van der Waals surface area contributed by atoms with Crippen LogP contribution in [0.25, 0.3) is 0 Å². The maximum Gasteiger partial charge on any atom is 0.306 e. The van der Waals surface area contributed by atoms with E-state index in [-0.39, 0.29) is 31.1 Å². The molecular formula is C59H110O6. The molecule has 0 fully saturated rings. The summed E-state index contributed by atoms with van der Waals surface area (Å²) in [4.78, 5) is 38.1. The lowest BCUT2D eigenvalue weighted by atomic mass is 10.0. The number of hydrogen-bond donors (Lipinski definition) is 0. The van der Waals surface area contributed by atoms with Crippen LogP contribution in [0.4, 0.5) is 0 Å². The molecule has 0 rings (SSSR count). The van der Waals surface area contributed by atoms with Crippen LogP contribution < -0.4 is 0 Å². The molecule has 0 aliphatic heterocycles. The predicted octanol–water partition coefficient (Wildman–Crippen LogP) is 19.1. The fraction of sp³-hybridized carbons (Fsp3) is 0.881. The third-order valence-corrected chi connectivity index (χ3v) is 13.0. The zero-order chi connectivity index (χ0) is 47.2. The van der Waals surface area contributed by atoms with Crippen molar-refractivity contribution in [2.75, 3.05) is 13.2 Å². The summed E-state index contributed by atoms with van der Waals surface area (Å²) in [7, 11) is 0. The second kappa shape index (κ2) is 54.5. The van der Waals surface area contributed by atoms with Gasteiger partial charge in [-0.15, -0.1) is 0 Å². The molecule has 0 aromatic heterocycles. The van der Waals surface area contributed by atoms with Crippen LogP contribution in [-0.4, -0.2) is 37.2 Å². The van der Waals surface area contributed by atoms with Crippen molar-refractivity contribution in [1.29, 1.82) is 0 Å². The number of rotatable bonds is 53. The molecule has 6 nitrogen and oxygen atoms in total. The third-order valence-electron chi connectivity index (χ3n) is 13.0. The first-order chi connectivity index (χ1) is 32.0.